The normalized spacial score (nSPS) is 21.8. The van der Waals surface area contributed by atoms with E-state index in [1.165, 1.54) is 31.3 Å². The van der Waals surface area contributed by atoms with Crippen LogP contribution in [0.1, 0.15) is 66.3 Å². The number of nitrogens with two attached hydrogens (primary N) is 2. The quantitative estimate of drug-likeness (QED) is 0.400. The summed E-state index contributed by atoms with van der Waals surface area (Å²) in [5.41, 5.74) is 14.7. The van der Waals surface area contributed by atoms with Gasteiger partial charge in [-0.15, -0.1) is 11.3 Å². The van der Waals surface area contributed by atoms with E-state index in [1.54, 1.807) is 6.20 Å². The maximum absolute atomic E-state index is 12.6. The van der Waals surface area contributed by atoms with Gasteiger partial charge in [-0.1, -0.05) is 13.0 Å². The highest BCUT2D eigenvalue weighted by molar-refractivity contribution is 7.16. The first-order valence-electron chi connectivity index (χ1n) is 15.6. The summed E-state index contributed by atoms with van der Waals surface area (Å²) in [6.45, 7) is 8.68. The van der Waals surface area contributed by atoms with Crippen LogP contribution in [0.5, 0.6) is 6.01 Å². The van der Waals surface area contributed by atoms with Crippen LogP contribution in [0.25, 0.3) is 0 Å². The number of halogens is 1. The molecule has 3 atom stereocenters. The fraction of sp³-hybridized carbons (Fsp3) is 0.531. The molecule has 3 aromatic heterocycles. The first-order chi connectivity index (χ1) is 22.1. The van der Waals surface area contributed by atoms with Crippen LogP contribution in [0.15, 0.2) is 18.3 Å². The number of aromatic nitrogens is 3. The zero-order chi connectivity index (χ0) is 32.7. The van der Waals surface area contributed by atoms with Crippen LogP contribution in [-0.4, -0.2) is 83.8 Å². The molecule has 3 aromatic rings. The molecule has 12 nitrogen and oxygen atoms in total. The Labute approximate surface area is 273 Å². The summed E-state index contributed by atoms with van der Waals surface area (Å²) in [4.78, 5) is 23.0. The molecular formula is C32H40FN11OS. The number of thiophene rings is 1. The van der Waals surface area contributed by atoms with Gasteiger partial charge in [-0.2, -0.15) is 20.5 Å². The van der Waals surface area contributed by atoms with Crippen molar-refractivity contribution in [3.8, 4) is 18.1 Å². The lowest BCUT2D eigenvalue weighted by molar-refractivity contribution is 0.0757. The number of nitrogens with zero attached hydrogens (tertiary/aromatic N) is 9. The molecule has 1 spiro atoms. The second-order valence-electron chi connectivity index (χ2n) is 12.4. The monoisotopic (exact) mass is 645 g/mol. The molecule has 3 saturated heterocycles. The van der Waals surface area contributed by atoms with Gasteiger partial charge in [-0.3, -0.25) is 9.80 Å². The molecular weight excluding hydrogens is 605 g/mol. The summed E-state index contributed by atoms with van der Waals surface area (Å²) in [6, 6.07) is 8.94. The zero-order valence-corrected chi connectivity index (χ0v) is 27.5. The van der Waals surface area contributed by atoms with E-state index in [2.05, 4.69) is 48.7 Å². The smallest absolute Gasteiger partial charge is 0.320 e. The van der Waals surface area contributed by atoms with Crippen LogP contribution >= 0.6 is 11.3 Å². The number of rotatable bonds is 6. The highest BCUT2D eigenvalue weighted by Crippen LogP contribution is 2.53. The minimum absolute atomic E-state index is 0.167. The van der Waals surface area contributed by atoms with E-state index in [0.29, 0.717) is 59.3 Å². The molecule has 4 N–H and O–H groups in total. The van der Waals surface area contributed by atoms with E-state index in [4.69, 9.17) is 16.2 Å². The van der Waals surface area contributed by atoms with E-state index in [1.807, 2.05) is 31.0 Å². The molecule has 0 bridgehead atoms. The Morgan fingerprint density at radius 2 is 2.00 bits per heavy atom. The Kier molecular flexibility index (Phi) is 8.63. The van der Waals surface area contributed by atoms with Gasteiger partial charge in [0.15, 0.2) is 11.6 Å². The number of anilines is 4. The van der Waals surface area contributed by atoms with Gasteiger partial charge in [0.25, 0.3) is 0 Å². The molecule has 0 amide bonds. The van der Waals surface area contributed by atoms with Crippen LogP contribution in [0.3, 0.4) is 0 Å². The third-order valence-electron chi connectivity index (χ3n) is 9.95. The number of nitrogen functional groups attached to an aromatic ring is 2. The Morgan fingerprint density at radius 3 is 2.65 bits per heavy atom. The number of hydrogen-bond acceptors (Lipinski definition) is 13. The van der Waals surface area contributed by atoms with Gasteiger partial charge in [-0.05, 0) is 45.3 Å². The molecule has 0 radical (unpaired) electrons. The maximum Gasteiger partial charge on any atom is 0.320 e. The van der Waals surface area contributed by atoms with Gasteiger partial charge >= 0.3 is 6.01 Å². The largest absolute Gasteiger partial charge is 0.467 e. The number of pyridine rings is 1. The van der Waals surface area contributed by atoms with Crippen LogP contribution in [0.4, 0.5) is 26.8 Å². The molecule has 0 aromatic carbocycles. The number of alkyl halides is 1. The van der Waals surface area contributed by atoms with Crippen molar-refractivity contribution in [2.24, 2.45) is 0 Å². The Balaban J connectivity index is 0.000000352. The Hall–Kier alpha value is -4.24. The molecule has 46 heavy (non-hydrogen) atoms. The Bertz CT molecular complexity index is 1680. The minimum atomic E-state index is -0.518. The van der Waals surface area contributed by atoms with Crippen LogP contribution < -0.4 is 26.0 Å². The topological polar surface area (TPSA) is 160 Å². The predicted octanol–water partition coefficient (Wildman–Crippen LogP) is 3.79. The second kappa shape index (κ2) is 12.5. The van der Waals surface area contributed by atoms with Crippen molar-refractivity contribution in [3.05, 3.63) is 45.5 Å². The summed E-state index contributed by atoms with van der Waals surface area (Å²) in [5, 5.41) is 20.6. The average molecular weight is 646 g/mol. The molecule has 3 fully saturated rings. The SMILES string of the molecule is CCN1Cc2sc(N)c(C#N)c2C12CN(c1nc(OC)nc(N(C)C(C)c3cccnc3N)c1C#N)C2.FC1CC2CCCN2C1. The lowest BCUT2D eigenvalue weighted by atomic mass is 9.81. The molecule has 7 rings (SSSR count). The van der Waals surface area contributed by atoms with E-state index in [-0.39, 0.29) is 17.6 Å². The number of fused-ring (bicyclic) bond motifs is 3. The fourth-order valence-corrected chi connectivity index (χ4v) is 8.63. The van der Waals surface area contributed by atoms with Crippen molar-refractivity contribution in [1.82, 2.24) is 24.8 Å². The van der Waals surface area contributed by atoms with E-state index >= 15 is 0 Å². The van der Waals surface area contributed by atoms with Gasteiger partial charge in [0.05, 0.1) is 24.3 Å². The molecule has 7 heterocycles. The van der Waals surface area contributed by atoms with Crippen LogP contribution in [-0.2, 0) is 12.1 Å². The van der Waals surface area contributed by atoms with Gasteiger partial charge in [0.2, 0.25) is 0 Å². The highest BCUT2D eigenvalue weighted by atomic mass is 32.1. The summed E-state index contributed by atoms with van der Waals surface area (Å²) in [5.74, 6) is 1.36. The van der Waals surface area contributed by atoms with Crippen LogP contribution in [0, 0.1) is 22.7 Å². The molecule has 3 unspecified atom stereocenters. The average Bonchev–Trinajstić information content (AvgIpc) is 3.78. The number of likely N-dealkylation sites (N-methyl/N-ethyl adjacent to an activating group) is 1. The van der Waals surface area contributed by atoms with Crippen molar-refractivity contribution in [2.45, 2.75) is 63.4 Å². The van der Waals surface area contributed by atoms with Crippen LogP contribution in [0.2, 0.25) is 0 Å². The first-order valence-corrected chi connectivity index (χ1v) is 16.5. The van der Waals surface area contributed by atoms with Gasteiger partial charge < -0.3 is 26.0 Å². The molecule has 0 saturated carbocycles. The summed E-state index contributed by atoms with van der Waals surface area (Å²) < 4.78 is 18.0. The third kappa shape index (κ3) is 5.24. The van der Waals surface area contributed by atoms with Gasteiger partial charge in [-0.25, -0.2) is 9.37 Å². The Morgan fingerprint density at radius 1 is 1.24 bits per heavy atom. The van der Waals surface area contributed by atoms with E-state index < -0.39 is 6.17 Å². The number of ether oxygens (including phenoxy) is 1. The van der Waals surface area contributed by atoms with E-state index in [9.17, 15) is 14.9 Å². The number of nitriles is 2. The number of hydrogen-bond donors (Lipinski definition) is 2. The molecule has 4 aliphatic heterocycles. The summed E-state index contributed by atoms with van der Waals surface area (Å²) in [6.07, 6.45) is 4.46. The predicted molar refractivity (Wildman–Crippen MR) is 176 cm³/mol. The third-order valence-corrected chi connectivity index (χ3v) is 11.0. The second-order valence-corrected chi connectivity index (χ2v) is 13.5. The van der Waals surface area contributed by atoms with Gasteiger partial charge in [0, 0.05) is 61.5 Å². The summed E-state index contributed by atoms with van der Waals surface area (Å²) in [7, 11) is 3.36. The first kappa shape index (κ1) is 31.7. The molecule has 0 aliphatic carbocycles. The van der Waals surface area contributed by atoms with Crippen molar-refractivity contribution in [1.29, 1.82) is 10.5 Å². The van der Waals surface area contributed by atoms with Crippen molar-refractivity contribution in [3.63, 3.8) is 0 Å². The maximum atomic E-state index is 12.6. The molecule has 4 aliphatic rings. The lowest BCUT2D eigenvalue weighted by Crippen LogP contribution is -2.66. The lowest BCUT2D eigenvalue weighted by Gasteiger charge is -2.53. The number of methoxy groups -OCH3 is 1. The standard InChI is InChI=1S/C25H28N10OS.C7H12FN/c1-5-35-11-18-19(16(9-26)21(29)37-18)25(35)12-34(13-25)23-17(10-27)22(31-24(32-23)36-4)33(3)14(2)15-7-6-8-30-20(15)28;8-6-4-7-2-1-3-9(7)5-6/h6-8,14H,5,11-13,29H2,1-4H3,(H2,28,30);6-7H,1-5H2. The van der Waals surface area contributed by atoms with Crippen molar-refractivity contribution in [2.75, 3.05) is 68.1 Å². The van der Waals surface area contributed by atoms with E-state index in [0.717, 1.165) is 42.1 Å². The highest BCUT2D eigenvalue weighted by Gasteiger charge is 2.56. The fourth-order valence-electron chi connectivity index (χ4n) is 7.50. The minimum Gasteiger partial charge on any atom is -0.467 e. The molecule has 14 heteroatoms. The van der Waals surface area contributed by atoms with Crippen molar-refractivity contribution < 1.29 is 9.13 Å². The van der Waals surface area contributed by atoms with Gasteiger partial charge in [0.1, 0.15) is 34.7 Å². The summed E-state index contributed by atoms with van der Waals surface area (Å²) >= 11 is 1.49. The zero-order valence-electron chi connectivity index (χ0n) is 26.7. The van der Waals surface area contributed by atoms with Crippen molar-refractivity contribution >= 4 is 33.8 Å². The molecule has 242 valence electrons.